The van der Waals surface area contributed by atoms with Crippen molar-refractivity contribution in [2.24, 2.45) is 0 Å². The minimum Gasteiger partial charge on any atom is -0.472 e. The zero-order valence-electron chi connectivity index (χ0n) is 8.08. The number of hydrogen-bond acceptors (Lipinski definition) is 6. The second kappa shape index (κ2) is 3.49. The number of furan rings is 1. The van der Waals surface area contributed by atoms with Gasteiger partial charge in [-0.3, -0.25) is 0 Å². The van der Waals surface area contributed by atoms with E-state index in [1.165, 1.54) is 11.3 Å². The van der Waals surface area contributed by atoms with Gasteiger partial charge in [0.15, 0.2) is 0 Å². The standard InChI is InChI=1S/C10H7N3O2S/c11-8-2-1-7(16-8)10-12-9(13-15-10)6-3-4-14-5-6/h1-5H,11H2. The molecule has 0 aromatic carbocycles. The highest BCUT2D eigenvalue weighted by Crippen LogP contribution is 2.29. The van der Waals surface area contributed by atoms with E-state index in [-0.39, 0.29) is 0 Å². The van der Waals surface area contributed by atoms with Crippen molar-refractivity contribution in [2.45, 2.75) is 0 Å². The smallest absolute Gasteiger partial charge is 0.268 e. The van der Waals surface area contributed by atoms with Gasteiger partial charge in [0.1, 0.15) is 6.26 Å². The van der Waals surface area contributed by atoms with Crippen molar-refractivity contribution in [3.05, 3.63) is 30.7 Å². The molecule has 0 aliphatic carbocycles. The van der Waals surface area contributed by atoms with Gasteiger partial charge in [0.25, 0.3) is 5.89 Å². The lowest BCUT2D eigenvalue weighted by Gasteiger charge is -1.83. The SMILES string of the molecule is Nc1ccc(-c2nc(-c3ccoc3)no2)s1. The predicted molar refractivity (Wildman–Crippen MR) is 59.7 cm³/mol. The van der Waals surface area contributed by atoms with Gasteiger partial charge in [-0.2, -0.15) is 4.98 Å². The van der Waals surface area contributed by atoms with Gasteiger partial charge >= 0.3 is 0 Å². The summed E-state index contributed by atoms with van der Waals surface area (Å²) in [6, 6.07) is 5.44. The number of aromatic nitrogens is 2. The van der Waals surface area contributed by atoms with Crippen LogP contribution in [0.1, 0.15) is 0 Å². The summed E-state index contributed by atoms with van der Waals surface area (Å²) in [4.78, 5) is 5.11. The van der Waals surface area contributed by atoms with Crippen LogP contribution in [-0.2, 0) is 0 Å². The molecule has 0 spiro atoms. The Balaban J connectivity index is 2.00. The Hall–Kier alpha value is -2.08. The van der Waals surface area contributed by atoms with Crippen LogP contribution >= 0.6 is 11.3 Å². The molecule has 16 heavy (non-hydrogen) atoms. The number of anilines is 1. The van der Waals surface area contributed by atoms with E-state index in [0.717, 1.165) is 15.4 Å². The number of hydrogen-bond donors (Lipinski definition) is 1. The summed E-state index contributed by atoms with van der Waals surface area (Å²) in [6.07, 6.45) is 3.13. The van der Waals surface area contributed by atoms with Crippen LogP contribution in [0.4, 0.5) is 5.00 Å². The molecule has 3 aromatic heterocycles. The molecule has 0 saturated carbocycles. The van der Waals surface area contributed by atoms with Gasteiger partial charge in [-0.1, -0.05) is 5.16 Å². The fourth-order valence-corrected chi connectivity index (χ4v) is 2.00. The topological polar surface area (TPSA) is 78.1 Å². The summed E-state index contributed by atoms with van der Waals surface area (Å²) in [7, 11) is 0. The van der Waals surface area contributed by atoms with Gasteiger partial charge in [-0.05, 0) is 18.2 Å². The minimum atomic E-state index is 0.470. The van der Waals surface area contributed by atoms with E-state index in [1.54, 1.807) is 18.6 Å². The van der Waals surface area contributed by atoms with Gasteiger partial charge in [-0.25, -0.2) is 0 Å². The molecular formula is C10H7N3O2S. The van der Waals surface area contributed by atoms with E-state index in [9.17, 15) is 0 Å². The van der Waals surface area contributed by atoms with Gasteiger partial charge in [0.05, 0.1) is 21.7 Å². The Labute approximate surface area is 94.5 Å². The van der Waals surface area contributed by atoms with Crippen LogP contribution in [0, 0.1) is 0 Å². The number of nitrogens with two attached hydrogens (primary N) is 1. The van der Waals surface area contributed by atoms with Crippen molar-refractivity contribution >= 4 is 16.3 Å². The minimum absolute atomic E-state index is 0.470. The third-order valence-corrected chi connectivity index (χ3v) is 2.95. The molecule has 0 saturated heterocycles. The number of nitrogen functional groups attached to an aromatic ring is 1. The lowest BCUT2D eigenvalue weighted by Crippen LogP contribution is -1.76. The van der Waals surface area contributed by atoms with E-state index in [0.29, 0.717) is 11.7 Å². The van der Waals surface area contributed by atoms with Crippen molar-refractivity contribution < 1.29 is 8.94 Å². The van der Waals surface area contributed by atoms with Crippen LogP contribution in [0.25, 0.3) is 22.2 Å². The molecule has 0 unspecified atom stereocenters. The van der Waals surface area contributed by atoms with Crippen molar-refractivity contribution in [1.82, 2.24) is 10.1 Å². The zero-order valence-corrected chi connectivity index (χ0v) is 8.90. The van der Waals surface area contributed by atoms with Crippen LogP contribution in [0.3, 0.4) is 0 Å². The first-order chi connectivity index (χ1) is 7.83. The van der Waals surface area contributed by atoms with Crippen LogP contribution in [0.15, 0.2) is 39.7 Å². The molecule has 0 radical (unpaired) electrons. The third-order valence-electron chi connectivity index (χ3n) is 2.04. The summed E-state index contributed by atoms with van der Waals surface area (Å²) in [5.41, 5.74) is 6.42. The van der Waals surface area contributed by atoms with Crippen molar-refractivity contribution in [2.75, 3.05) is 5.73 Å². The zero-order chi connectivity index (χ0) is 11.0. The maximum Gasteiger partial charge on any atom is 0.268 e. The highest BCUT2D eigenvalue weighted by atomic mass is 32.1. The summed E-state index contributed by atoms with van der Waals surface area (Å²) in [5.74, 6) is 0.980. The molecule has 2 N–H and O–H groups in total. The molecular weight excluding hydrogens is 226 g/mol. The molecule has 0 amide bonds. The molecule has 3 heterocycles. The Kier molecular flexibility index (Phi) is 2.00. The number of rotatable bonds is 2. The summed E-state index contributed by atoms with van der Waals surface area (Å²) in [6.45, 7) is 0. The van der Waals surface area contributed by atoms with Crippen LogP contribution < -0.4 is 5.73 Å². The van der Waals surface area contributed by atoms with E-state index < -0.39 is 0 Å². The highest BCUT2D eigenvalue weighted by molar-refractivity contribution is 7.19. The summed E-state index contributed by atoms with van der Waals surface area (Å²) in [5, 5.41) is 4.58. The van der Waals surface area contributed by atoms with Gasteiger partial charge in [-0.15, -0.1) is 11.3 Å². The quantitative estimate of drug-likeness (QED) is 0.736. The van der Waals surface area contributed by atoms with E-state index in [1.807, 2.05) is 12.1 Å². The Morgan fingerprint density at radius 2 is 2.19 bits per heavy atom. The van der Waals surface area contributed by atoms with Crippen LogP contribution in [0.5, 0.6) is 0 Å². The third kappa shape index (κ3) is 1.49. The van der Waals surface area contributed by atoms with Gasteiger partial charge in [0, 0.05) is 0 Å². The number of thiophene rings is 1. The average Bonchev–Trinajstić information content (AvgIpc) is 2.97. The fourth-order valence-electron chi connectivity index (χ4n) is 1.30. The molecule has 0 aliphatic rings. The fraction of sp³-hybridized carbons (Fsp3) is 0. The first-order valence-electron chi connectivity index (χ1n) is 4.55. The predicted octanol–water partition coefficient (Wildman–Crippen LogP) is 2.64. The molecule has 5 nitrogen and oxygen atoms in total. The second-order valence-electron chi connectivity index (χ2n) is 3.14. The Morgan fingerprint density at radius 1 is 1.25 bits per heavy atom. The second-order valence-corrected chi connectivity index (χ2v) is 4.25. The van der Waals surface area contributed by atoms with E-state index in [2.05, 4.69) is 10.1 Å². The molecule has 3 aromatic rings. The van der Waals surface area contributed by atoms with Crippen molar-refractivity contribution in [3.63, 3.8) is 0 Å². The van der Waals surface area contributed by atoms with Crippen molar-refractivity contribution in [1.29, 1.82) is 0 Å². The Morgan fingerprint density at radius 3 is 2.88 bits per heavy atom. The number of nitrogens with zero attached hydrogens (tertiary/aromatic N) is 2. The molecule has 0 bridgehead atoms. The average molecular weight is 233 g/mol. The van der Waals surface area contributed by atoms with E-state index >= 15 is 0 Å². The molecule has 0 fully saturated rings. The summed E-state index contributed by atoms with van der Waals surface area (Å²) >= 11 is 1.41. The largest absolute Gasteiger partial charge is 0.472 e. The maximum atomic E-state index is 5.63. The maximum absolute atomic E-state index is 5.63. The first kappa shape index (κ1) is 9.17. The molecule has 0 aliphatic heterocycles. The lowest BCUT2D eigenvalue weighted by molar-refractivity contribution is 0.433. The molecule has 6 heteroatoms. The van der Waals surface area contributed by atoms with Crippen LogP contribution in [-0.4, -0.2) is 10.1 Å². The van der Waals surface area contributed by atoms with Gasteiger partial charge < -0.3 is 14.7 Å². The molecule has 80 valence electrons. The molecule has 3 rings (SSSR count). The monoisotopic (exact) mass is 233 g/mol. The van der Waals surface area contributed by atoms with Gasteiger partial charge in [0.2, 0.25) is 5.82 Å². The summed E-state index contributed by atoms with van der Waals surface area (Å²) < 4.78 is 10.1. The normalized spacial score (nSPS) is 10.8. The van der Waals surface area contributed by atoms with E-state index in [4.69, 9.17) is 14.7 Å². The molecule has 0 atom stereocenters. The lowest BCUT2D eigenvalue weighted by atomic mass is 10.3. The first-order valence-corrected chi connectivity index (χ1v) is 5.36. The van der Waals surface area contributed by atoms with Crippen LogP contribution in [0.2, 0.25) is 0 Å². The Bertz CT molecular complexity index is 597. The van der Waals surface area contributed by atoms with Crippen molar-refractivity contribution in [3.8, 4) is 22.2 Å². The highest BCUT2D eigenvalue weighted by Gasteiger charge is 2.12.